The number of rotatable bonds is 6. The van der Waals surface area contributed by atoms with Gasteiger partial charge in [0.15, 0.2) is 5.16 Å². The summed E-state index contributed by atoms with van der Waals surface area (Å²) in [6, 6.07) is 12.0. The van der Waals surface area contributed by atoms with E-state index in [9.17, 15) is 0 Å². The minimum atomic E-state index is 0.236. The van der Waals surface area contributed by atoms with Crippen molar-refractivity contribution in [3.05, 3.63) is 54.4 Å². The monoisotopic (exact) mass is 410 g/mol. The summed E-state index contributed by atoms with van der Waals surface area (Å²) >= 11 is 1.57. The molecule has 3 aromatic rings. The van der Waals surface area contributed by atoms with Gasteiger partial charge < -0.3 is 16.2 Å². The Bertz CT molecular complexity index is 950. The Balaban J connectivity index is 1.32. The van der Waals surface area contributed by atoms with Crippen LogP contribution in [0.25, 0.3) is 5.69 Å². The van der Waals surface area contributed by atoms with Crippen LogP contribution >= 0.6 is 11.8 Å². The molecule has 29 heavy (non-hydrogen) atoms. The van der Waals surface area contributed by atoms with Crippen LogP contribution in [0.5, 0.6) is 5.75 Å². The number of nitrogens with two attached hydrogens (primary N) is 2. The first-order valence-electron chi connectivity index (χ1n) is 9.69. The molecule has 1 aliphatic rings. The van der Waals surface area contributed by atoms with E-state index in [0.29, 0.717) is 11.6 Å². The van der Waals surface area contributed by atoms with Crippen molar-refractivity contribution >= 4 is 23.4 Å². The van der Waals surface area contributed by atoms with E-state index in [1.165, 1.54) is 5.56 Å². The topological polar surface area (TPSA) is 95.2 Å². The number of nitrogens with zero attached hydrogens (tertiary/aromatic N) is 4. The van der Waals surface area contributed by atoms with Crippen molar-refractivity contribution in [2.45, 2.75) is 30.6 Å². The Morgan fingerprint density at radius 1 is 1.10 bits per heavy atom. The first-order chi connectivity index (χ1) is 14.1. The molecule has 0 atom stereocenters. The Labute approximate surface area is 175 Å². The fourth-order valence-electron chi connectivity index (χ4n) is 3.65. The Morgan fingerprint density at radius 3 is 2.55 bits per heavy atom. The number of likely N-dealkylation sites (tertiary alicyclic amines) is 1. The molecule has 4 N–H and O–H groups in total. The molecule has 0 radical (unpaired) electrons. The molecule has 0 bridgehead atoms. The van der Waals surface area contributed by atoms with Crippen LogP contribution in [0, 0.1) is 0 Å². The summed E-state index contributed by atoms with van der Waals surface area (Å²) < 4.78 is 8.16. The number of imidazole rings is 1. The molecule has 7 nitrogen and oxygen atoms in total. The van der Waals surface area contributed by atoms with E-state index in [4.69, 9.17) is 16.2 Å². The molecule has 152 valence electrons. The molecule has 0 amide bonds. The molecule has 0 spiro atoms. The second kappa shape index (κ2) is 8.75. The lowest BCUT2D eigenvalue weighted by Gasteiger charge is -2.32. The summed E-state index contributed by atoms with van der Waals surface area (Å²) in [5, 5.41) is 0.875. The van der Waals surface area contributed by atoms with Crippen LogP contribution in [0.4, 0.5) is 11.6 Å². The Hall–Kier alpha value is -2.71. The number of nitrogen functional groups attached to an aromatic ring is 2. The summed E-state index contributed by atoms with van der Waals surface area (Å²) in [5.41, 5.74) is 14.0. The number of hydrogen-bond acceptors (Lipinski definition) is 7. The maximum Gasteiger partial charge on any atom is 0.173 e. The zero-order valence-corrected chi connectivity index (χ0v) is 17.3. The van der Waals surface area contributed by atoms with Crippen LogP contribution in [0.2, 0.25) is 0 Å². The fourth-order valence-corrected chi connectivity index (χ4v) is 4.20. The van der Waals surface area contributed by atoms with Gasteiger partial charge in [0, 0.05) is 31.5 Å². The highest BCUT2D eigenvalue weighted by atomic mass is 32.2. The van der Waals surface area contributed by atoms with Gasteiger partial charge in [0.05, 0.1) is 6.20 Å². The number of anilines is 2. The molecule has 0 saturated carbocycles. The molecule has 3 heterocycles. The summed E-state index contributed by atoms with van der Waals surface area (Å²) in [5.74, 6) is 2.09. The zero-order valence-electron chi connectivity index (χ0n) is 16.5. The number of piperidine rings is 1. The second-order valence-electron chi connectivity index (χ2n) is 7.18. The zero-order chi connectivity index (χ0) is 20.2. The molecular weight excluding hydrogens is 384 g/mol. The molecule has 1 aliphatic heterocycles. The quantitative estimate of drug-likeness (QED) is 0.603. The number of ether oxygens (including phenoxy) is 1. The highest BCUT2D eigenvalue weighted by Gasteiger charge is 2.21. The van der Waals surface area contributed by atoms with E-state index in [2.05, 4.69) is 14.9 Å². The van der Waals surface area contributed by atoms with Gasteiger partial charge in [-0.05, 0) is 61.1 Å². The lowest BCUT2D eigenvalue weighted by molar-refractivity contribution is 0.0968. The lowest BCUT2D eigenvalue weighted by Crippen LogP contribution is -2.37. The maximum absolute atomic E-state index is 6.21. The van der Waals surface area contributed by atoms with Gasteiger partial charge in [-0.1, -0.05) is 11.8 Å². The van der Waals surface area contributed by atoms with Crippen molar-refractivity contribution in [2.24, 2.45) is 0 Å². The van der Waals surface area contributed by atoms with Crippen LogP contribution in [0.15, 0.2) is 53.9 Å². The van der Waals surface area contributed by atoms with Crippen LogP contribution in [-0.4, -0.2) is 44.9 Å². The smallest absolute Gasteiger partial charge is 0.173 e. The molecule has 1 saturated heterocycles. The van der Waals surface area contributed by atoms with Gasteiger partial charge in [0.1, 0.15) is 23.5 Å². The average Bonchev–Trinajstić information content (AvgIpc) is 3.11. The van der Waals surface area contributed by atoms with Crippen molar-refractivity contribution < 1.29 is 4.74 Å². The van der Waals surface area contributed by atoms with E-state index in [0.717, 1.165) is 49.1 Å². The lowest BCUT2D eigenvalue weighted by atomic mass is 10.1. The summed E-state index contributed by atoms with van der Waals surface area (Å²) in [4.78, 5) is 10.8. The summed E-state index contributed by atoms with van der Waals surface area (Å²) in [7, 11) is 0. The van der Waals surface area contributed by atoms with Gasteiger partial charge in [-0.15, -0.1) is 0 Å². The van der Waals surface area contributed by atoms with Crippen molar-refractivity contribution in [1.82, 2.24) is 19.4 Å². The van der Waals surface area contributed by atoms with Crippen molar-refractivity contribution in [3.8, 4) is 11.4 Å². The van der Waals surface area contributed by atoms with Crippen molar-refractivity contribution in [3.63, 3.8) is 0 Å². The molecule has 1 aromatic carbocycles. The maximum atomic E-state index is 6.21. The van der Waals surface area contributed by atoms with Gasteiger partial charge in [-0.2, -0.15) is 0 Å². The van der Waals surface area contributed by atoms with E-state index < -0.39 is 0 Å². The number of aromatic nitrogens is 3. The van der Waals surface area contributed by atoms with Crippen LogP contribution < -0.4 is 16.2 Å². The molecule has 0 unspecified atom stereocenters. The van der Waals surface area contributed by atoms with Crippen molar-refractivity contribution in [2.75, 3.05) is 30.8 Å². The third-order valence-corrected chi connectivity index (χ3v) is 5.78. The van der Waals surface area contributed by atoms with E-state index in [1.807, 2.05) is 47.2 Å². The summed E-state index contributed by atoms with van der Waals surface area (Å²) in [6.45, 7) is 2.92. The highest BCUT2D eigenvalue weighted by molar-refractivity contribution is 7.98. The van der Waals surface area contributed by atoms with E-state index in [1.54, 1.807) is 24.2 Å². The highest BCUT2D eigenvalue weighted by Crippen LogP contribution is 2.26. The number of hydrogen-bond donors (Lipinski definition) is 2. The third-order valence-electron chi connectivity index (χ3n) is 5.12. The molecule has 2 aromatic heterocycles. The largest absolute Gasteiger partial charge is 0.490 e. The Morgan fingerprint density at radius 2 is 1.86 bits per heavy atom. The number of pyridine rings is 1. The first kappa shape index (κ1) is 19.6. The van der Waals surface area contributed by atoms with Crippen LogP contribution in [0.1, 0.15) is 18.4 Å². The van der Waals surface area contributed by atoms with Gasteiger partial charge in [0.2, 0.25) is 0 Å². The minimum absolute atomic E-state index is 0.236. The minimum Gasteiger partial charge on any atom is -0.490 e. The Kier molecular flexibility index (Phi) is 5.92. The summed E-state index contributed by atoms with van der Waals surface area (Å²) in [6.07, 6.45) is 7.69. The fraction of sp³-hybridized carbons (Fsp3) is 0.333. The molecule has 0 aliphatic carbocycles. The SMILES string of the molecule is CSc1ncc(N)n1-c1ccc(OC2CCN(Cc3ccnc(N)c3)CC2)cc1. The molecule has 1 fully saturated rings. The van der Waals surface area contributed by atoms with E-state index in [-0.39, 0.29) is 6.10 Å². The number of benzene rings is 1. The average molecular weight is 411 g/mol. The first-order valence-corrected chi connectivity index (χ1v) is 10.9. The van der Waals surface area contributed by atoms with Gasteiger partial charge in [-0.3, -0.25) is 9.47 Å². The third kappa shape index (κ3) is 4.65. The van der Waals surface area contributed by atoms with Crippen LogP contribution in [0.3, 0.4) is 0 Å². The number of thioether (sulfide) groups is 1. The van der Waals surface area contributed by atoms with Crippen molar-refractivity contribution in [1.29, 1.82) is 0 Å². The standard InChI is InChI=1S/C21H26N6OS/c1-29-21-25-13-20(23)27(21)16-2-4-17(5-3-16)28-18-7-10-26(11-8-18)14-15-6-9-24-19(22)12-15/h2-6,9,12-13,18H,7-8,10-11,14,23H2,1H3,(H2,22,24). The van der Waals surface area contributed by atoms with Gasteiger partial charge in [0.25, 0.3) is 0 Å². The predicted octanol–water partition coefficient (Wildman–Crippen LogP) is 3.20. The molecular formula is C21H26N6OS. The predicted molar refractivity (Wildman–Crippen MR) is 117 cm³/mol. The van der Waals surface area contributed by atoms with Crippen LogP contribution in [-0.2, 0) is 6.54 Å². The van der Waals surface area contributed by atoms with Gasteiger partial charge >= 0.3 is 0 Å². The molecule has 4 rings (SSSR count). The molecule has 8 heteroatoms. The van der Waals surface area contributed by atoms with Gasteiger partial charge in [-0.25, -0.2) is 9.97 Å². The normalized spacial score (nSPS) is 15.5. The second-order valence-corrected chi connectivity index (χ2v) is 7.95. The van der Waals surface area contributed by atoms with E-state index >= 15 is 0 Å².